The van der Waals surface area contributed by atoms with Crippen LogP contribution in [0.15, 0.2) is 23.6 Å². The summed E-state index contributed by atoms with van der Waals surface area (Å²) in [5, 5.41) is 4.88. The molecule has 1 aromatic heterocycles. The average Bonchev–Trinajstić information content (AvgIpc) is 3.25. The van der Waals surface area contributed by atoms with Crippen molar-refractivity contribution in [3.63, 3.8) is 0 Å². The van der Waals surface area contributed by atoms with Crippen molar-refractivity contribution in [3.05, 3.63) is 34.8 Å². The molecule has 2 heterocycles. The highest BCUT2D eigenvalue weighted by molar-refractivity contribution is 7.14. The van der Waals surface area contributed by atoms with Crippen LogP contribution in [0.25, 0.3) is 0 Å². The second-order valence-electron chi connectivity index (χ2n) is 7.31. The zero-order valence-electron chi connectivity index (χ0n) is 18.4. The number of benzene rings is 1. The number of esters is 1. The van der Waals surface area contributed by atoms with Gasteiger partial charge < -0.3 is 19.1 Å². The molecule has 1 unspecified atom stereocenters. The van der Waals surface area contributed by atoms with Crippen LogP contribution < -0.4 is 14.8 Å². The molecule has 172 valence electrons. The molecule has 0 radical (unpaired) electrons. The van der Waals surface area contributed by atoms with Crippen molar-refractivity contribution in [2.45, 2.75) is 26.2 Å². The number of piperidine rings is 1. The van der Waals surface area contributed by atoms with Crippen LogP contribution in [0.2, 0.25) is 0 Å². The lowest BCUT2D eigenvalue weighted by Crippen LogP contribution is -2.43. The smallest absolute Gasteiger partial charge is 0.310 e. The molecule has 2 amide bonds. The van der Waals surface area contributed by atoms with Crippen LogP contribution >= 0.6 is 11.3 Å². The van der Waals surface area contributed by atoms with E-state index in [2.05, 4.69) is 10.3 Å². The lowest BCUT2D eigenvalue weighted by atomic mass is 9.98. The van der Waals surface area contributed by atoms with Crippen molar-refractivity contribution in [2.75, 3.05) is 39.2 Å². The fraction of sp³-hybridized carbons (Fsp3) is 0.455. The molecular weight excluding hydrogens is 434 g/mol. The molecule has 10 heteroatoms. The highest BCUT2D eigenvalue weighted by atomic mass is 32.1. The molecule has 0 saturated carbocycles. The largest absolute Gasteiger partial charge is 0.497 e. The molecule has 1 aliphatic heterocycles. The van der Waals surface area contributed by atoms with E-state index in [-0.39, 0.29) is 30.1 Å². The van der Waals surface area contributed by atoms with Gasteiger partial charge in [0.05, 0.1) is 38.9 Å². The van der Waals surface area contributed by atoms with Crippen LogP contribution in [0.3, 0.4) is 0 Å². The van der Waals surface area contributed by atoms with E-state index in [4.69, 9.17) is 14.2 Å². The van der Waals surface area contributed by atoms with Crippen molar-refractivity contribution in [3.8, 4) is 11.5 Å². The van der Waals surface area contributed by atoms with E-state index < -0.39 is 0 Å². The van der Waals surface area contributed by atoms with Gasteiger partial charge in [0.15, 0.2) is 5.13 Å². The Kier molecular flexibility index (Phi) is 8.04. The van der Waals surface area contributed by atoms with Crippen LogP contribution in [-0.2, 0) is 20.7 Å². The Balaban J connectivity index is 1.59. The van der Waals surface area contributed by atoms with Gasteiger partial charge in [-0.3, -0.25) is 19.7 Å². The number of aromatic nitrogens is 1. The van der Waals surface area contributed by atoms with Crippen LogP contribution in [0, 0.1) is 5.92 Å². The van der Waals surface area contributed by atoms with Crippen LogP contribution in [0.4, 0.5) is 5.13 Å². The zero-order valence-corrected chi connectivity index (χ0v) is 19.2. The number of rotatable bonds is 8. The summed E-state index contributed by atoms with van der Waals surface area (Å²) in [4.78, 5) is 43.4. The van der Waals surface area contributed by atoms with Gasteiger partial charge in [-0.1, -0.05) is 0 Å². The summed E-state index contributed by atoms with van der Waals surface area (Å²) in [7, 11) is 3.02. The van der Waals surface area contributed by atoms with E-state index in [9.17, 15) is 14.4 Å². The van der Waals surface area contributed by atoms with Gasteiger partial charge in [-0.2, -0.15) is 0 Å². The number of anilines is 1. The minimum absolute atomic E-state index is 0.0975. The molecule has 1 fully saturated rings. The van der Waals surface area contributed by atoms with Crippen molar-refractivity contribution < 1.29 is 28.6 Å². The summed E-state index contributed by atoms with van der Waals surface area (Å²) >= 11 is 1.24. The van der Waals surface area contributed by atoms with Gasteiger partial charge in [-0.15, -0.1) is 11.3 Å². The molecule has 1 aromatic carbocycles. The van der Waals surface area contributed by atoms with Gasteiger partial charge in [0.1, 0.15) is 11.5 Å². The van der Waals surface area contributed by atoms with Crippen LogP contribution in [0.5, 0.6) is 11.5 Å². The molecule has 1 saturated heterocycles. The van der Waals surface area contributed by atoms with E-state index in [1.165, 1.54) is 25.6 Å². The van der Waals surface area contributed by atoms with E-state index in [0.717, 1.165) is 12.8 Å². The van der Waals surface area contributed by atoms with Crippen LogP contribution in [0.1, 0.15) is 35.8 Å². The second kappa shape index (κ2) is 10.9. The fourth-order valence-corrected chi connectivity index (χ4v) is 4.18. The Morgan fingerprint density at radius 3 is 2.56 bits per heavy atom. The zero-order chi connectivity index (χ0) is 23.1. The lowest BCUT2D eigenvalue weighted by molar-refractivity contribution is -0.151. The average molecular weight is 462 g/mol. The third kappa shape index (κ3) is 5.97. The topological polar surface area (TPSA) is 107 Å². The number of hydrogen-bond acceptors (Lipinski definition) is 8. The second-order valence-corrected chi connectivity index (χ2v) is 8.17. The third-order valence-electron chi connectivity index (χ3n) is 5.11. The number of carbonyl (C=O) groups is 3. The minimum Gasteiger partial charge on any atom is -0.497 e. The summed E-state index contributed by atoms with van der Waals surface area (Å²) in [5.74, 6) is 0.0169. The first-order valence-corrected chi connectivity index (χ1v) is 11.2. The first-order valence-electron chi connectivity index (χ1n) is 10.4. The number of ether oxygens (including phenoxy) is 3. The predicted molar refractivity (Wildman–Crippen MR) is 119 cm³/mol. The van der Waals surface area contributed by atoms with Crippen molar-refractivity contribution in [1.82, 2.24) is 9.88 Å². The Morgan fingerprint density at radius 2 is 1.91 bits per heavy atom. The molecule has 9 nitrogen and oxygen atoms in total. The Labute approximate surface area is 190 Å². The Morgan fingerprint density at radius 1 is 1.19 bits per heavy atom. The van der Waals surface area contributed by atoms with Crippen molar-refractivity contribution in [2.24, 2.45) is 5.92 Å². The summed E-state index contributed by atoms with van der Waals surface area (Å²) in [6.07, 6.45) is 1.59. The van der Waals surface area contributed by atoms with Gasteiger partial charge in [0.25, 0.3) is 5.91 Å². The molecule has 1 N–H and O–H groups in total. The SMILES string of the molecule is CCOC(=O)C1CCCN(C(=O)Cc2csc(NC(=O)c3cc(OC)cc(OC)c3)n2)C1. The van der Waals surface area contributed by atoms with Gasteiger partial charge in [0, 0.05) is 30.1 Å². The molecule has 0 bridgehead atoms. The van der Waals surface area contributed by atoms with Crippen molar-refractivity contribution in [1.29, 1.82) is 0 Å². The predicted octanol–water partition coefficient (Wildman–Crippen LogP) is 2.76. The fourth-order valence-electron chi connectivity index (χ4n) is 3.48. The highest BCUT2D eigenvalue weighted by Gasteiger charge is 2.29. The maximum absolute atomic E-state index is 12.7. The molecule has 0 spiro atoms. The first kappa shape index (κ1) is 23.5. The first-order chi connectivity index (χ1) is 15.4. The molecular formula is C22H27N3O6S. The molecule has 1 atom stereocenters. The maximum Gasteiger partial charge on any atom is 0.310 e. The highest BCUT2D eigenvalue weighted by Crippen LogP contribution is 2.24. The summed E-state index contributed by atoms with van der Waals surface area (Å²) in [6, 6.07) is 4.88. The standard InChI is InChI=1S/C22H27N3O6S/c1-4-31-21(28)14-6-5-7-25(12-14)19(26)10-16-13-32-22(23-16)24-20(27)15-8-17(29-2)11-18(9-15)30-3/h8-9,11,13-14H,4-7,10,12H2,1-3H3,(H,23,24,27). The summed E-state index contributed by atoms with van der Waals surface area (Å²) < 4.78 is 15.5. The number of thiazole rings is 1. The lowest BCUT2D eigenvalue weighted by Gasteiger charge is -2.31. The number of methoxy groups -OCH3 is 2. The minimum atomic E-state index is -0.359. The third-order valence-corrected chi connectivity index (χ3v) is 5.92. The van der Waals surface area contributed by atoms with E-state index in [0.29, 0.717) is 47.6 Å². The Hall–Kier alpha value is -3.14. The molecule has 32 heavy (non-hydrogen) atoms. The monoisotopic (exact) mass is 461 g/mol. The van der Waals surface area contributed by atoms with Gasteiger partial charge in [-0.25, -0.2) is 4.98 Å². The van der Waals surface area contributed by atoms with Gasteiger partial charge in [-0.05, 0) is 31.9 Å². The van der Waals surface area contributed by atoms with Crippen molar-refractivity contribution >= 4 is 34.3 Å². The van der Waals surface area contributed by atoms with Crippen LogP contribution in [-0.4, -0.2) is 61.6 Å². The number of nitrogens with zero attached hydrogens (tertiary/aromatic N) is 2. The number of nitrogens with one attached hydrogen (secondary N) is 1. The van der Waals surface area contributed by atoms with E-state index in [1.54, 1.807) is 35.4 Å². The Bertz CT molecular complexity index is 954. The normalized spacial score (nSPS) is 15.7. The number of likely N-dealkylation sites (tertiary alicyclic amines) is 1. The maximum atomic E-state index is 12.7. The molecule has 0 aliphatic carbocycles. The molecule has 1 aliphatic rings. The number of hydrogen-bond donors (Lipinski definition) is 1. The number of carbonyl (C=O) groups excluding carboxylic acids is 3. The molecule has 2 aromatic rings. The van der Waals surface area contributed by atoms with Gasteiger partial charge in [0.2, 0.25) is 5.91 Å². The van der Waals surface area contributed by atoms with Gasteiger partial charge >= 0.3 is 5.97 Å². The number of amides is 2. The summed E-state index contributed by atoms with van der Waals surface area (Å²) in [5.41, 5.74) is 0.934. The van der Waals surface area contributed by atoms with E-state index >= 15 is 0 Å². The summed E-state index contributed by atoms with van der Waals surface area (Å²) in [6.45, 7) is 3.08. The quantitative estimate of drug-likeness (QED) is 0.603. The molecule has 3 rings (SSSR count). The van der Waals surface area contributed by atoms with E-state index in [1.807, 2.05) is 0 Å².